The van der Waals surface area contributed by atoms with Crippen molar-refractivity contribution in [3.63, 3.8) is 0 Å². The molecule has 0 aliphatic rings. The van der Waals surface area contributed by atoms with Crippen molar-refractivity contribution in [3.05, 3.63) is 88.5 Å². The average Bonchev–Trinajstić information content (AvgIpc) is 2.75. The second-order valence-electron chi connectivity index (χ2n) is 7.43. The molecule has 0 unspecified atom stereocenters. The number of esters is 1. The molecule has 0 saturated carbocycles. The fourth-order valence-electron chi connectivity index (χ4n) is 3.12. The molecule has 0 aliphatic carbocycles. The Balaban J connectivity index is 1.89. The lowest BCUT2D eigenvalue weighted by Crippen LogP contribution is -2.17. The van der Waals surface area contributed by atoms with Crippen molar-refractivity contribution < 1.29 is 22.7 Å². The Labute approximate surface area is 187 Å². The van der Waals surface area contributed by atoms with Gasteiger partial charge in [0.1, 0.15) is 0 Å². The summed E-state index contributed by atoms with van der Waals surface area (Å²) in [5.41, 5.74) is 3.54. The van der Waals surface area contributed by atoms with E-state index in [4.69, 9.17) is 0 Å². The summed E-state index contributed by atoms with van der Waals surface area (Å²) in [5.74, 6) is -1.03. The van der Waals surface area contributed by atoms with Crippen molar-refractivity contribution in [2.45, 2.75) is 25.7 Å². The predicted octanol–water partition coefficient (Wildman–Crippen LogP) is 4.45. The van der Waals surface area contributed by atoms with Gasteiger partial charge in [0, 0.05) is 11.3 Å². The second kappa shape index (κ2) is 9.23. The first-order valence-corrected chi connectivity index (χ1v) is 11.3. The van der Waals surface area contributed by atoms with Crippen molar-refractivity contribution in [1.29, 1.82) is 0 Å². The maximum atomic E-state index is 13.1. The van der Waals surface area contributed by atoms with Crippen LogP contribution >= 0.6 is 0 Å². The highest BCUT2D eigenvalue weighted by Crippen LogP contribution is 2.24. The average molecular weight is 453 g/mol. The van der Waals surface area contributed by atoms with Crippen molar-refractivity contribution in [2.75, 3.05) is 17.1 Å². The molecule has 0 bridgehead atoms. The molecule has 8 heteroatoms. The third-order valence-electron chi connectivity index (χ3n) is 4.92. The van der Waals surface area contributed by atoms with Gasteiger partial charge in [0.05, 0.1) is 23.3 Å². The zero-order chi connectivity index (χ0) is 23.5. The Morgan fingerprint density at radius 1 is 0.844 bits per heavy atom. The molecule has 0 radical (unpaired) electrons. The van der Waals surface area contributed by atoms with Gasteiger partial charge in [0.15, 0.2) is 0 Å². The Kier molecular flexibility index (Phi) is 6.64. The van der Waals surface area contributed by atoms with E-state index in [9.17, 15) is 18.0 Å². The third kappa shape index (κ3) is 5.15. The summed E-state index contributed by atoms with van der Waals surface area (Å²) in [7, 11) is -2.65. The summed E-state index contributed by atoms with van der Waals surface area (Å²) in [4.78, 5) is 24.5. The lowest BCUT2D eigenvalue weighted by molar-refractivity contribution is 0.0600. The first-order chi connectivity index (χ1) is 15.1. The summed E-state index contributed by atoms with van der Waals surface area (Å²) in [6.45, 7) is 5.36. The van der Waals surface area contributed by atoms with Crippen LogP contribution in [0.1, 0.15) is 37.4 Å². The summed E-state index contributed by atoms with van der Waals surface area (Å²) < 4.78 is 33.5. The van der Waals surface area contributed by atoms with Gasteiger partial charge in [-0.2, -0.15) is 0 Å². The molecule has 0 atom stereocenters. The molecule has 3 rings (SSSR count). The largest absolute Gasteiger partial charge is 0.465 e. The molecule has 0 fully saturated rings. The van der Waals surface area contributed by atoms with Crippen molar-refractivity contribution in [2.24, 2.45) is 0 Å². The van der Waals surface area contributed by atoms with E-state index in [1.165, 1.54) is 19.2 Å². The molecule has 3 aromatic rings. The molecular formula is C24H24N2O5S. The van der Waals surface area contributed by atoms with Crippen LogP contribution in [0.25, 0.3) is 0 Å². The maximum absolute atomic E-state index is 13.1. The topological polar surface area (TPSA) is 102 Å². The number of benzene rings is 3. The number of sulfonamides is 1. The minimum Gasteiger partial charge on any atom is -0.465 e. The quantitative estimate of drug-likeness (QED) is 0.538. The number of rotatable bonds is 6. The number of hydrogen-bond donors (Lipinski definition) is 2. The minimum absolute atomic E-state index is 0.00867. The lowest BCUT2D eigenvalue weighted by Gasteiger charge is -2.14. The number of nitrogens with one attached hydrogen (secondary N) is 2. The van der Waals surface area contributed by atoms with Crippen LogP contribution in [-0.4, -0.2) is 27.4 Å². The van der Waals surface area contributed by atoms with Crippen molar-refractivity contribution >= 4 is 33.3 Å². The van der Waals surface area contributed by atoms with Crippen LogP contribution in [0.15, 0.2) is 65.6 Å². The lowest BCUT2D eigenvalue weighted by atomic mass is 10.1. The van der Waals surface area contributed by atoms with Gasteiger partial charge in [-0.3, -0.25) is 9.52 Å². The van der Waals surface area contributed by atoms with E-state index < -0.39 is 21.9 Å². The van der Waals surface area contributed by atoms with E-state index in [2.05, 4.69) is 14.8 Å². The van der Waals surface area contributed by atoms with Crippen molar-refractivity contribution in [3.8, 4) is 0 Å². The molecule has 2 N–H and O–H groups in total. The molecule has 166 valence electrons. The monoisotopic (exact) mass is 452 g/mol. The van der Waals surface area contributed by atoms with Gasteiger partial charge in [-0.1, -0.05) is 24.3 Å². The Morgan fingerprint density at radius 3 is 2.28 bits per heavy atom. The standard InChI is InChI=1S/C24H24N2O5S/c1-15-8-9-16(2)21(12-15)26-32(29,30)22-14-18(11-10-17(22)3)23(27)25-20-7-5-6-19(13-20)24(28)31-4/h5-14,26H,1-4H3,(H,25,27). The second-order valence-corrected chi connectivity index (χ2v) is 9.08. The SMILES string of the molecule is COC(=O)c1cccc(NC(=O)c2ccc(C)c(S(=O)(=O)Nc3cc(C)ccc3C)c2)c1. The zero-order valence-corrected chi connectivity index (χ0v) is 19.0. The minimum atomic E-state index is -3.92. The van der Waals surface area contributed by atoms with Gasteiger partial charge in [-0.15, -0.1) is 0 Å². The maximum Gasteiger partial charge on any atom is 0.337 e. The van der Waals surface area contributed by atoms with Crippen LogP contribution in [0.4, 0.5) is 11.4 Å². The molecule has 0 heterocycles. The van der Waals surface area contributed by atoms with Crippen LogP contribution in [0.5, 0.6) is 0 Å². The van der Waals surface area contributed by atoms with Gasteiger partial charge in [0.2, 0.25) is 0 Å². The van der Waals surface area contributed by atoms with Crippen LogP contribution in [-0.2, 0) is 14.8 Å². The van der Waals surface area contributed by atoms with Crippen LogP contribution < -0.4 is 10.0 Å². The number of amides is 1. The summed E-state index contributed by atoms with van der Waals surface area (Å²) in [5, 5.41) is 2.68. The molecule has 0 aliphatic heterocycles. The number of ether oxygens (including phenoxy) is 1. The third-order valence-corrected chi connectivity index (χ3v) is 6.43. The number of aryl methyl sites for hydroxylation is 3. The van der Waals surface area contributed by atoms with Crippen molar-refractivity contribution in [1.82, 2.24) is 0 Å². The van der Waals surface area contributed by atoms with Gasteiger partial charge in [-0.05, 0) is 73.9 Å². The first kappa shape index (κ1) is 23.0. The van der Waals surface area contributed by atoms with Gasteiger partial charge in [0.25, 0.3) is 15.9 Å². The molecule has 0 saturated heterocycles. The van der Waals surface area contributed by atoms with Crippen LogP contribution in [0.3, 0.4) is 0 Å². The Bertz CT molecular complexity index is 1300. The summed E-state index contributed by atoms with van der Waals surface area (Å²) in [6.07, 6.45) is 0. The molecule has 0 spiro atoms. The van der Waals surface area contributed by atoms with E-state index in [1.54, 1.807) is 43.3 Å². The van der Waals surface area contributed by atoms with Gasteiger partial charge >= 0.3 is 5.97 Å². The van der Waals surface area contributed by atoms with E-state index in [0.717, 1.165) is 11.1 Å². The fourth-order valence-corrected chi connectivity index (χ4v) is 4.51. The van der Waals surface area contributed by atoms with E-state index in [-0.39, 0.29) is 16.0 Å². The van der Waals surface area contributed by atoms with Gasteiger partial charge < -0.3 is 10.1 Å². The number of methoxy groups -OCH3 is 1. The Hall–Kier alpha value is -3.65. The molecule has 1 amide bonds. The fraction of sp³-hybridized carbons (Fsp3) is 0.167. The summed E-state index contributed by atoms with van der Waals surface area (Å²) in [6, 6.07) is 16.2. The highest BCUT2D eigenvalue weighted by Gasteiger charge is 2.20. The number of carbonyl (C=O) groups excluding carboxylic acids is 2. The molecule has 3 aromatic carbocycles. The zero-order valence-electron chi connectivity index (χ0n) is 18.2. The van der Waals surface area contributed by atoms with Gasteiger partial charge in [-0.25, -0.2) is 13.2 Å². The van der Waals surface area contributed by atoms with E-state index in [0.29, 0.717) is 16.9 Å². The summed E-state index contributed by atoms with van der Waals surface area (Å²) >= 11 is 0. The smallest absolute Gasteiger partial charge is 0.337 e. The number of carbonyl (C=O) groups is 2. The van der Waals surface area contributed by atoms with E-state index in [1.807, 2.05) is 26.0 Å². The molecule has 7 nitrogen and oxygen atoms in total. The highest BCUT2D eigenvalue weighted by atomic mass is 32.2. The predicted molar refractivity (Wildman–Crippen MR) is 124 cm³/mol. The van der Waals surface area contributed by atoms with Crippen LogP contribution in [0.2, 0.25) is 0 Å². The highest BCUT2D eigenvalue weighted by molar-refractivity contribution is 7.92. The number of hydrogen-bond acceptors (Lipinski definition) is 5. The molecular weight excluding hydrogens is 428 g/mol. The van der Waals surface area contributed by atoms with E-state index >= 15 is 0 Å². The number of anilines is 2. The first-order valence-electron chi connectivity index (χ1n) is 9.81. The molecule has 0 aromatic heterocycles. The Morgan fingerprint density at radius 2 is 1.56 bits per heavy atom. The molecule has 32 heavy (non-hydrogen) atoms. The normalized spacial score (nSPS) is 11.0. The van der Waals surface area contributed by atoms with Crippen LogP contribution in [0, 0.1) is 20.8 Å².